The van der Waals surface area contributed by atoms with E-state index in [4.69, 9.17) is 17.2 Å². The highest BCUT2D eigenvalue weighted by Crippen LogP contribution is 2.30. The maximum Gasteiger partial charge on any atom is 0.272 e. The molecule has 0 saturated carbocycles. The first kappa shape index (κ1) is 27.8. The molecule has 2 amide bonds. The lowest BCUT2D eigenvalue weighted by Crippen LogP contribution is -2.50. The van der Waals surface area contributed by atoms with Crippen LogP contribution in [0, 0.1) is 0 Å². The third-order valence-corrected chi connectivity index (χ3v) is 8.14. The van der Waals surface area contributed by atoms with Gasteiger partial charge in [0.25, 0.3) is 5.91 Å². The molecule has 1 atom stereocenters. The Hall–Kier alpha value is -3.76. The first-order valence-corrected chi connectivity index (χ1v) is 14.7. The minimum atomic E-state index is -0.915. The summed E-state index contributed by atoms with van der Waals surface area (Å²) in [5, 5.41) is 3.14. The van der Waals surface area contributed by atoms with Gasteiger partial charge in [0.2, 0.25) is 12.1 Å². The second-order valence-corrected chi connectivity index (χ2v) is 11.5. The average molecular weight is 573 g/mol. The number of hydrogen-bond acceptors (Lipinski definition) is 7. The molecule has 1 fully saturated rings. The quantitative estimate of drug-likeness (QED) is 0.448. The van der Waals surface area contributed by atoms with Crippen molar-refractivity contribution in [2.75, 3.05) is 41.7 Å². The van der Waals surface area contributed by atoms with Crippen molar-refractivity contribution in [3.05, 3.63) is 90.1 Å². The van der Waals surface area contributed by atoms with E-state index in [1.165, 1.54) is 11.8 Å². The van der Waals surface area contributed by atoms with E-state index in [1.54, 1.807) is 11.1 Å². The molecule has 0 spiro atoms. The van der Waals surface area contributed by atoms with Crippen molar-refractivity contribution in [2.24, 2.45) is 4.99 Å². The summed E-state index contributed by atoms with van der Waals surface area (Å²) in [5.41, 5.74) is 3.34. The van der Waals surface area contributed by atoms with Crippen LogP contribution in [0.1, 0.15) is 25.0 Å². The number of nitrogens with zero attached hydrogens (tertiary/aromatic N) is 5. The molecule has 1 unspecified atom stereocenters. The van der Waals surface area contributed by atoms with Gasteiger partial charge >= 0.3 is 0 Å². The number of thioether (sulfide) groups is 1. The molecule has 1 N–H and O–H groups in total. The van der Waals surface area contributed by atoms with E-state index in [-0.39, 0.29) is 23.6 Å². The van der Waals surface area contributed by atoms with E-state index in [2.05, 4.69) is 15.2 Å². The van der Waals surface area contributed by atoms with Crippen LogP contribution in [0.25, 0.3) is 0 Å². The molecule has 1 aromatic heterocycles. The number of hydrogen-bond donors (Lipinski definition) is 1. The molecule has 40 heavy (non-hydrogen) atoms. The fourth-order valence-electron chi connectivity index (χ4n) is 4.94. The summed E-state index contributed by atoms with van der Waals surface area (Å²) in [6.45, 7) is 6.69. The number of amides is 2. The number of para-hydroxylation sites is 1. The van der Waals surface area contributed by atoms with Crippen molar-refractivity contribution in [3.8, 4) is 0 Å². The monoisotopic (exact) mass is 572 g/mol. The van der Waals surface area contributed by atoms with E-state index < -0.39 is 6.17 Å². The zero-order chi connectivity index (χ0) is 28.1. The number of aliphatic imine (C=N–C) groups is 1. The van der Waals surface area contributed by atoms with Crippen LogP contribution in [-0.2, 0) is 9.59 Å². The predicted molar refractivity (Wildman–Crippen MR) is 166 cm³/mol. The standard InChI is InChI=1S/C30H32N6O2S2/c1-21(2)36-24-13-7-6-12-23(24)27(22-10-4-3-5-11-22)32-28(29(36)38)33-30(39)40-20-26(37)35-18-16-34(17-19-35)25-14-8-9-15-31-25/h3-15,21,28H,16-20H2,1-2H3,(H,33,39). The van der Waals surface area contributed by atoms with Gasteiger partial charge < -0.3 is 20.0 Å². The zero-order valence-electron chi connectivity index (χ0n) is 22.6. The first-order chi connectivity index (χ1) is 19.4. The van der Waals surface area contributed by atoms with E-state index in [9.17, 15) is 9.59 Å². The first-order valence-electron chi connectivity index (χ1n) is 13.3. The number of aromatic nitrogens is 1. The molecule has 206 valence electrons. The summed E-state index contributed by atoms with van der Waals surface area (Å²) in [6.07, 6.45) is 0.865. The molecule has 8 nitrogen and oxygen atoms in total. The molecule has 1 saturated heterocycles. The van der Waals surface area contributed by atoms with Crippen molar-refractivity contribution in [1.82, 2.24) is 15.2 Å². The van der Waals surface area contributed by atoms with Gasteiger partial charge in [0.1, 0.15) is 10.1 Å². The van der Waals surface area contributed by atoms with Crippen LogP contribution >= 0.6 is 24.0 Å². The van der Waals surface area contributed by atoms with E-state index >= 15 is 0 Å². The SMILES string of the molecule is CC(C)N1C(=O)C(NC(=S)SCC(=O)N2CCN(c3ccccn3)CC2)N=C(c2ccccc2)c2ccccc21. The average Bonchev–Trinajstić information content (AvgIpc) is 3.11. The van der Waals surface area contributed by atoms with Crippen molar-refractivity contribution in [1.29, 1.82) is 0 Å². The van der Waals surface area contributed by atoms with Crippen molar-refractivity contribution in [2.45, 2.75) is 26.1 Å². The molecule has 2 aliphatic heterocycles. The smallest absolute Gasteiger partial charge is 0.272 e. The molecule has 5 rings (SSSR count). The lowest BCUT2D eigenvalue weighted by Gasteiger charge is -2.35. The highest BCUT2D eigenvalue weighted by atomic mass is 32.2. The van der Waals surface area contributed by atoms with Gasteiger partial charge in [0.05, 0.1) is 17.2 Å². The Morgan fingerprint density at radius 2 is 1.70 bits per heavy atom. The molecule has 0 bridgehead atoms. The van der Waals surface area contributed by atoms with Crippen LogP contribution in [0.4, 0.5) is 11.5 Å². The number of carbonyl (C=O) groups excluding carboxylic acids is 2. The Morgan fingerprint density at radius 1 is 1.00 bits per heavy atom. The number of carbonyl (C=O) groups is 2. The van der Waals surface area contributed by atoms with Crippen LogP contribution in [-0.4, -0.2) is 75.9 Å². The van der Waals surface area contributed by atoms with Gasteiger partial charge in [-0.05, 0) is 32.0 Å². The fraction of sp³-hybridized carbons (Fsp3) is 0.300. The Bertz CT molecular complexity index is 1390. The third kappa shape index (κ3) is 6.18. The highest BCUT2D eigenvalue weighted by molar-refractivity contribution is 8.23. The molecule has 3 aromatic rings. The highest BCUT2D eigenvalue weighted by Gasteiger charge is 2.34. The lowest BCUT2D eigenvalue weighted by molar-refractivity contribution is -0.128. The van der Waals surface area contributed by atoms with Gasteiger partial charge in [-0.2, -0.15) is 0 Å². The third-order valence-electron chi connectivity index (χ3n) is 6.90. The summed E-state index contributed by atoms with van der Waals surface area (Å²) in [7, 11) is 0. The van der Waals surface area contributed by atoms with E-state index in [1.807, 2.05) is 91.5 Å². The molecular weight excluding hydrogens is 541 g/mol. The number of rotatable bonds is 6. The number of fused-ring (bicyclic) bond motifs is 1. The summed E-state index contributed by atoms with van der Waals surface area (Å²) in [6, 6.07) is 23.4. The molecule has 0 radical (unpaired) electrons. The minimum Gasteiger partial charge on any atom is -0.353 e. The Labute approximate surface area is 244 Å². The Kier molecular flexibility index (Phi) is 8.76. The van der Waals surface area contributed by atoms with Crippen LogP contribution in [0.5, 0.6) is 0 Å². The minimum absolute atomic E-state index is 0.0201. The van der Waals surface area contributed by atoms with Gasteiger partial charge in [0, 0.05) is 49.5 Å². The van der Waals surface area contributed by atoms with Crippen molar-refractivity contribution in [3.63, 3.8) is 0 Å². The van der Waals surface area contributed by atoms with E-state index in [0.29, 0.717) is 17.4 Å². The second kappa shape index (κ2) is 12.6. The summed E-state index contributed by atoms with van der Waals surface area (Å²) >= 11 is 6.84. The second-order valence-electron chi connectivity index (χ2n) is 9.84. The zero-order valence-corrected chi connectivity index (χ0v) is 24.2. The maximum atomic E-state index is 13.8. The number of nitrogens with one attached hydrogen (secondary N) is 1. The molecule has 10 heteroatoms. The van der Waals surface area contributed by atoms with Crippen LogP contribution < -0.4 is 15.1 Å². The van der Waals surface area contributed by atoms with Crippen LogP contribution in [0.15, 0.2) is 84.0 Å². The van der Waals surface area contributed by atoms with Gasteiger partial charge in [0.15, 0.2) is 0 Å². The number of benzene rings is 2. The fourth-order valence-corrected chi connectivity index (χ4v) is 5.86. The number of pyridine rings is 1. The topological polar surface area (TPSA) is 81.1 Å². The number of benzodiazepines with no additional fused rings is 1. The molecular formula is C30H32N6O2S2. The van der Waals surface area contributed by atoms with Crippen LogP contribution in [0.3, 0.4) is 0 Å². The number of anilines is 2. The number of piperazine rings is 1. The largest absolute Gasteiger partial charge is 0.353 e. The predicted octanol–water partition coefficient (Wildman–Crippen LogP) is 3.96. The number of thiocarbonyl (C=S) groups is 1. The Morgan fingerprint density at radius 3 is 2.40 bits per heavy atom. The molecule has 0 aliphatic carbocycles. The van der Waals surface area contributed by atoms with Gasteiger partial charge in [-0.15, -0.1) is 0 Å². The molecule has 3 heterocycles. The Balaban J connectivity index is 1.26. The van der Waals surface area contributed by atoms with Crippen molar-refractivity contribution < 1.29 is 9.59 Å². The molecule has 2 aliphatic rings. The lowest BCUT2D eigenvalue weighted by atomic mass is 10.00. The van der Waals surface area contributed by atoms with Gasteiger partial charge in [-0.1, -0.05) is 78.6 Å². The van der Waals surface area contributed by atoms with Gasteiger partial charge in [-0.3, -0.25) is 9.59 Å². The van der Waals surface area contributed by atoms with Gasteiger partial charge in [-0.25, -0.2) is 9.98 Å². The summed E-state index contributed by atoms with van der Waals surface area (Å²) in [4.78, 5) is 41.9. The van der Waals surface area contributed by atoms with Crippen LogP contribution in [0.2, 0.25) is 0 Å². The maximum absolute atomic E-state index is 13.8. The van der Waals surface area contributed by atoms with Crippen molar-refractivity contribution >= 4 is 57.3 Å². The normalized spacial score (nSPS) is 17.3. The summed E-state index contributed by atoms with van der Waals surface area (Å²) < 4.78 is 0.365. The summed E-state index contributed by atoms with van der Waals surface area (Å²) in [5.74, 6) is 0.954. The molecule has 2 aromatic carbocycles. The van der Waals surface area contributed by atoms with E-state index in [0.717, 1.165) is 41.4 Å².